The molecule has 0 saturated carbocycles. The number of nitrogens with one attached hydrogen (secondary N) is 1. The third-order valence-electron chi connectivity index (χ3n) is 4.88. The van der Waals surface area contributed by atoms with Crippen LogP contribution in [0.15, 0.2) is 60.7 Å². The van der Waals surface area contributed by atoms with Gasteiger partial charge in [0, 0.05) is 16.1 Å². The molecule has 0 amide bonds. The van der Waals surface area contributed by atoms with Crippen LogP contribution < -0.4 is 0 Å². The van der Waals surface area contributed by atoms with E-state index in [4.69, 9.17) is 39.8 Å². The van der Waals surface area contributed by atoms with Crippen molar-refractivity contribution in [1.29, 1.82) is 0 Å². The van der Waals surface area contributed by atoms with Gasteiger partial charge in [-0.15, -0.1) is 10.2 Å². The molecule has 0 aliphatic heterocycles. The highest BCUT2D eigenvalue weighted by Gasteiger charge is 2.27. The molecular weight excluding hydrogens is 493 g/mol. The van der Waals surface area contributed by atoms with Crippen molar-refractivity contribution in [3.8, 4) is 39.9 Å². The molecule has 11 heteroatoms. The zero-order valence-corrected chi connectivity index (χ0v) is 18.7. The van der Waals surface area contributed by atoms with Crippen molar-refractivity contribution in [1.82, 2.24) is 30.2 Å². The van der Waals surface area contributed by atoms with E-state index in [2.05, 4.69) is 20.6 Å². The van der Waals surface area contributed by atoms with E-state index in [1.807, 2.05) is 0 Å². The first-order valence-electron chi connectivity index (χ1n) is 9.46. The summed E-state index contributed by atoms with van der Waals surface area (Å²) in [5, 5.41) is 14.3. The quantitative estimate of drug-likeness (QED) is 0.299. The standard InChI is InChI=1S/C22H11Cl3F2N6/c23-13-4-1-3-12(9-13)22-28-19(21-29-31-32-30-21)20(11-7-8-16(26)15(25)10-11)33(22)17-6-2-5-14(24)18(17)27/h1-10H,(H,29,30,31,32). The van der Waals surface area contributed by atoms with Crippen LogP contribution in [0.3, 0.4) is 0 Å². The molecule has 164 valence electrons. The van der Waals surface area contributed by atoms with E-state index in [1.165, 1.54) is 24.3 Å². The lowest BCUT2D eigenvalue weighted by Gasteiger charge is -2.15. The number of halogens is 5. The van der Waals surface area contributed by atoms with Gasteiger partial charge in [-0.05, 0) is 47.7 Å². The lowest BCUT2D eigenvalue weighted by molar-refractivity contribution is 0.619. The molecule has 0 unspecified atom stereocenters. The summed E-state index contributed by atoms with van der Waals surface area (Å²) in [7, 11) is 0. The molecule has 33 heavy (non-hydrogen) atoms. The minimum atomic E-state index is -0.672. The fourth-order valence-corrected chi connectivity index (χ4v) is 4.01. The number of rotatable bonds is 4. The van der Waals surface area contributed by atoms with Crippen molar-refractivity contribution < 1.29 is 8.78 Å². The molecular formula is C22H11Cl3F2N6. The van der Waals surface area contributed by atoms with E-state index in [-0.39, 0.29) is 27.3 Å². The van der Waals surface area contributed by atoms with Crippen molar-refractivity contribution in [2.75, 3.05) is 0 Å². The second kappa shape index (κ2) is 8.55. The van der Waals surface area contributed by atoms with Gasteiger partial charge in [0.05, 0.1) is 21.4 Å². The maximum atomic E-state index is 15.3. The molecule has 3 aromatic carbocycles. The lowest BCUT2D eigenvalue weighted by atomic mass is 10.1. The van der Waals surface area contributed by atoms with Crippen LogP contribution in [0.2, 0.25) is 15.1 Å². The Kier molecular flexibility index (Phi) is 5.57. The highest BCUT2D eigenvalue weighted by molar-refractivity contribution is 6.31. The molecule has 0 saturated heterocycles. The topological polar surface area (TPSA) is 72.3 Å². The molecule has 2 aromatic heterocycles. The van der Waals surface area contributed by atoms with Crippen LogP contribution in [0.4, 0.5) is 8.78 Å². The maximum Gasteiger partial charge on any atom is 0.225 e. The number of hydrogen-bond acceptors (Lipinski definition) is 4. The highest BCUT2D eigenvalue weighted by Crippen LogP contribution is 2.40. The number of H-pyrrole nitrogens is 1. The maximum absolute atomic E-state index is 15.3. The van der Waals surface area contributed by atoms with Gasteiger partial charge < -0.3 is 0 Å². The Balaban J connectivity index is 1.93. The Morgan fingerprint density at radius 2 is 1.67 bits per heavy atom. The minimum absolute atomic E-state index is 0.0811. The SMILES string of the molecule is Fc1ccc(-c2c(-c3nn[nH]n3)nc(-c3cccc(Cl)c3)n2-c2cccc(Cl)c2F)cc1Cl. The van der Waals surface area contributed by atoms with E-state index in [0.717, 1.165) is 0 Å². The zero-order chi connectivity index (χ0) is 23.1. The molecule has 0 radical (unpaired) electrons. The Morgan fingerprint density at radius 1 is 0.848 bits per heavy atom. The molecule has 0 bridgehead atoms. The van der Waals surface area contributed by atoms with Crippen molar-refractivity contribution in [2.45, 2.75) is 0 Å². The Morgan fingerprint density at radius 3 is 2.39 bits per heavy atom. The van der Waals surface area contributed by atoms with Gasteiger partial charge in [-0.3, -0.25) is 4.57 Å². The van der Waals surface area contributed by atoms with Crippen LogP contribution in [-0.4, -0.2) is 30.2 Å². The molecule has 0 aliphatic carbocycles. The number of benzene rings is 3. The van der Waals surface area contributed by atoms with E-state index >= 15 is 4.39 Å². The first kappa shape index (κ1) is 21.5. The Labute approximate surface area is 200 Å². The first-order chi connectivity index (χ1) is 15.9. The summed E-state index contributed by atoms with van der Waals surface area (Å²) in [6.07, 6.45) is 0. The summed E-state index contributed by atoms with van der Waals surface area (Å²) in [4.78, 5) is 4.71. The van der Waals surface area contributed by atoms with E-state index in [9.17, 15) is 4.39 Å². The van der Waals surface area contributed by atoms with E-state index in [0.29, 0.717) is 27.7 Å². The smallest absolute Gasteiger partial charge is 0.225 e. The molecule has 5 rings (SSSR count). The lowest BCUT2D eigenvalue weighted by Crippen LogP contribution is -2.03. The average molecular weight is 504 g/mol. The van der Waals surface area contributed by atoms with Crippen LogP contribution in [0.25, 0.3) is 39.9 Å². The van der Waals surface area contributed by atoms with Crippen LogP contribution in [0.5, 0.6) is 0 Å². The van der Waals surface area contributed by atoms with Crippen molar-refractivity contribution in [3.05, 3.63) is 87.4 Å². The predicted molar refractivity (Wildman–Crippen MR) is 123 cm³/mol. The van der Waals surface area contributed by atoms with Gasteiger partial charge in [0.25, 0.3) is 0 Å². The van der Waals surface area contributed by atoms with Gasteiger partial charge in [-0.25, -0.2) is 13.8 Å². The summed E-state index contributed by atoms with van der Waals surface area (Å²) in [6, 6.07) is 15.6. The summed E-state index contributed by atoms with van der Waals surface area (Å²) >= 11 is 18.4. The van der Waals surface area contributed by atoms with Gasteiger partial charge in [-0.2, -0.15) is 5.21 Å². The summed E-state index contributed by atoms with van der Waals surface area (Å²) < 4.78 is 30.8. The number of imidazole rings is 1. The predicted octanol–water partition coefficient (Wildman–Crippen LogP) is 6.62. The van der Waals surface area contributed by atoms with Gasteiger partial charge >= 0.3 is 0 Å². The number of nitrogens with zero attached hydrogens (tertiary/aromatic N) is 5. The number of aromatic amines is 1. The molecule has 2 heterocycles. The van der Waals surface area contributed by atoms with Crippen LogP contribution >= 0.6 is 34.8 Å². The third-order valence-corrected chi connectivity index (χ3v) is 5.70. The molecule has 0 aliphatic rings. The highest BCUT2D eigenvalue weighted by atomic mass is 35.5. The van der Waals surface area contributed by atoms with Crippen LogP contribution in [0, 0.1) is 11.6 Å². The van der Waals surface area contributed by atoms with Gasteiger partial charge in [0.2, 0.25) is 5.82 Å². The first-order valence-corrected chi connectivity index (χ1v) is 10.6. The fraction of sp³-hybridized carbons (Fsp3) is 0. The fourth-order valence-electron chi connectivity index (χ4n) is 3.47. The second-order valence-corrected chi connectivity index (χ2v) is 8.17. The molecule has 0 fully saturated rings. The summed E-state index contributed by atoms with van der Waals surface area (Å²) in [5.74, 6) is -0.797. The van der Waals surface area contributed by atoms with Crippen LogP contribution in [0.1, 0.15) is 0 Å². The van der Waals surface area contributed by atoms with Crippen molar-refractivity contribution >= 4 is 34.8 Å². The Bertz CT molecular complexity index is 1480. The van der Waals surface area contributed by atoms with Crippen molar-refractivity contribution in [3.63, 3.8) is 0 Å². The molecule has 1 N–H and O–H groups in total. The van der Waals surface area contributed by atoms with Crippen LogP contribution in [-0.2, 0) is 0 Å². The average Bonchev–Trinajstić information content (AvgIpc) is 3.46. The zero-order valence-electron chi connectivity index (χ0n) is 16.4. The second-order valence-electron chi connectivity index (χ2n) is 6.92. The minimum Gasteiger partial charge on any atom is -0.289 e. The van der Waals surface area contributed by atoms with Crippen molar-refractivity contribution in [2.24, 2.45) is 0 Å². The molecule has 5 aromatic rings. The summed E-state index contributed by atoms with van der Waals surface area (Å²) in [6.45, 7) is 0. The number of hydrogen-bond donors (Lipinski definition) is 1. The molecule has 0 spiro atoms. The molecule has 6 nitrogen and oxygen atoms in total. The van der Waals surface area contributed by atoms with Gasteiger partial charge in [0.1, 0.15) is 17.3 Å². The summed E-state index contributed by atoms with van der Waals surface area (Å²) in [5.41, 5.74) is 1.76. The third kappa shape index (κ3) is 3.86. The number of aromatic nitrogens is 6. The normalized spacial score (nSPS) is 11.2. The van der Waals surface area contributed by atoms with E-state index in [1.54, 1.807) is 41.0 Å². The Hall–Kier alpha value is -3.33. The molecule has 0 atom stereocenters. The van der Waals surface area contributed by atoms with E-state index < -0.39 is 11.6 Å². The largest absolute Gasteiger partial charge is 0.289 e. The monoisotopic (exact) mass is 502 g/mol. The van der Waals surface area contributed by atoms with Gasteiger partial charge in [-0.1, -0.05) is 53.0 Å². The van der Waals surface area contributed by atoms with Gasteiger partial charge in [0.15, 0.2) is 5.82 Å². The number of tetrazole rings is 1.